The molecule has 31 heavy (non-hydrogen) atoms. The summed E-state index contributed by atoms with van der Waals surface area (Å²) in [6.07, 6.45) is 1.50. The lowest BCUT2D eigenvalue weighted by molar-refractivity contribution is -0.384. The highest BCUT2D eigenvalue weighted by molar-refractivity contribution is 6.04. The van der Waals surface area contributed by atoms with E-state index in [1.54, 1.807) is 12.1 Å². The third-order valence-corrected chi connectivity index (χ3v) is 4.49. The van der Waals surface area contributed by atoms with Crippen molar-refractivity contribution in [1.29, 1.82) is 0 Å². The van der Waals surface area contributed by atoms with Crippen LogP contribution in [0.15, 0.2) is 91.3 Å². The summed E-state index contributed by atoms with van der Waals surface area (Å²) in [5, 5.41) is 16.7. The highest BCUT2D eigenvalue weighted by Crippen LogP contribution is 2.22. The second kappa shape index (κ2) is 8.83. The molecule has 0 aliphatic carbocycles. The van der Waals surface area contributed by atoms with E-state index in [2.05, 4.69) is 20.6 Å². The van der Waals surface area contributed by atoms with E-state index in [1.807, 2.05) is 48.5 Å². The summed E-state index contributed by atoms with van der Waals surface area (Å²) in [5.41, 5.74) is 3.48. The van der Waals surface area contributed by atoms with Gasteiger partial charge in [-0.25, -0.2) is 9.97 Å². The molecule has 0 radical (unpaired) electrons. The fraction of sp³-hybridized carbons (Fsp3) is 0. The van der Waals surface area contributed by atoms with Gasteiger partial charge < -0.3 is 10.6 Å². The average Bonchev–Trinajstić information content (AvgIpc) is 2.81. The van der Waals surface area contributed by atoms with Crippen molar-refractivity contribution < 1.29 is 9.72 Å². The van der Waals surface area contributed by atoms with Crippen molar-refractivity contribution in [3.8, 4) is 11.3 Å². The first kappa shape index (κ1) is 19.7. The zero-order valence-corrected chi connectivity index (χ0v) is 16.2. The van der Waals surface area contributed by atoms with Gasteiger partial charge in [-0.15, -0.1) is 0 Å². The standard InChI is InChI=1S/C23H17N5O3/c29-23(17-6-12-20(13-7-17)28(30)31)27-19-10-8-18(9-11-19)26-22-14-21(24-15-25-22)16-4-2-1-3-5-16/h1-15H,(H,27,29)(H,24,25,26). The fourth-order valence-corrected chi connectivity index (χ4v) is 2.92. The van der Waals surface area contributed by atoms with Gasteiger partial charge in [0.2, 0.25) is 0 Å². The molecular formula is C23H17N5O3. The molecule has 1 heterocycles. The van der Waals surface area contributed by atoms with E-state index in [-0.39, 0.29) is 11.6 Å². The topological polar surface area (TPSA) is 110 Å². The largest absolute Gasteiger partial charge is 0.340 e. The maximum Gasteiger partial charge on any atom is 0.269 e. The number of non-ortho nitro benzene ring substituents is 1. The Hall–Kier alpha value is -4.59. The minimum atomic E-state index is -0.506. The summed E-state index contributed by atoms with van der Waals surface area (Å²) < 4.78 is 0. The average molecular weight is 411 g/mol. The second-order valence-electron chi connectivity index (χ2n) is 6.61. The van der Waals surface area contributed by atoms with Crippen LogP contribution >= 0.6 is 0 Å². The molecule has 0 aliphatic heterocycles. The summed E-state index contributed by atoms with van der Waals surface area (Å²) in [4.78, 5) is 31.1. The Balaban J connectivity index is 1.41. The van der Waals surface area contributed by atoms with Gasteiger partial charge in [-0.1, -0.05) is 30.3 Å². The van der Waals surface area contributed by atoms with Gasteiger partial charge in [0.15, 0.2) is 0 Å². The molecule has 1 amide bonds. The number of carbonyl (C=O) groups excluding carboxylic acids is 1. The summed E-state index contributed by atoms with van der Waals surface area (Å²) in [6.45, 7) is 0. The summed E-state index contributed by atoms with van der Waals surface area (Å²) >= 11 is 0. The Morgan fingerprint density at radius 2 is 1.52 bits per heavy atom. The molecule has 4 rings (SSSR count). The number of nitrogens with zero attached hydrogens (tertiary/aromatic N) is 3. The third kappa shape index (κ3) is 4.88. The molecule has 2 N–H and O–H groups in total. The maximum absolute atomic E-state index is 12.3. The molecule has 0 saturated heterocycles. The summed E-state index contributed by atoms with van der Waals surface area (Å²) in [6, 6.07) is 24.3. The zero-order valence-electron chi connectivity index (χ0n) is 16.2. The Bertz CT molecular complexity index is 1210. The SMILES string of the molecule is O=C(Nc1ccc(Nc2cc(-c3ccccc3)ncn2)cc1)c1ccc([N+](=O)[O-])cc1. The van der Waals surface area contributed by atoms with Crippen molar-refractivity contribution in [2.24, 2.45) is 0 Å². The van der Waals surface area contributed by atoms with E-state index in [0.717, 1.165) is 16.9 Å². The highest BCUT2D eigenvalue weighted by atomic mass is 16.6. The molecule has 0 bridgehead atoms. The number of nitrogens with one attached hydrogen (secondary N) is 2. The number of rotatable bonds is 6. The van der Waals surface area contributed by atoms with E-state index in [4.69, 9.17) is 0 Å². The smallest absolute Gasteiger partial charge is 0.269 e. The van der Waals surface area contributed by atoms with E-state index in [1.165, 1.54) is 30.6 Å². The number of nitro groups is 1. The van der Waals surface area contributed by atoms with E-state index >= 15 is 0 Å². The Morgan fingerprint density at radius 1 is 0.839 bits per heavy atom. The number of carbonyl (C=O) groups is 1. The molecule has 0 unspecified atom stereocenters. The Kier molecular flexibility index (Phi) is 5.62. The number of hydrogen-bond acceptors (Lipinski definition) is 6. The van der Waals surface area contributed by atoms with Crippen LogP contribution < -0.4 is 10.6 Å². The molecule has 0 fully saturated rings. The molecule has 4 aromatic rings. The van der Waals surface area contributed by atoms with Crippen molar-refractivity contribution >= 4 is 28.8 Å². The normalized spacial score (nSPS) is 10.3. The first-order valence-corrected chi connectivity index (χ1v) is 9.39. The third-order valence-electron chi connectivity index (χ3n) is 4.49. The van der Waals surface area contributed by atoms with Crippen molar-refractivity contribution in [2.45, 2.75) is 0 Å². The lowest BCUT2D eigenvalue weighted by atomic mass is 10.1. The van der Waals surface area contributed by atoms with E-state index in [0.29, 0.717) is 17.1 Å². The Morgan fingerprint density at radius 3 is 2.19 bits per heavy atom. The van der Waals surface area contributed by atoms with Gasteiger partial charge in [0, 0.05) is 40.7 Å². The van der Waals surface area contributed by atoms with Gasteiger partial charge in [-0.3, -0.25) is 14.9 Å². The van der Waals surface area contributed by atoms with Crippen LogP contribution in [-0.2, 0) is 0 Å². The number of hydrogen-bond donors (Lipinski definition) is 2. The molecule has 8 heteroatoms. The van der Waals surface area contributed by atoms with Crippen LogP contribution in [0.25, 0.3) is 11.3 Å². The van der Waals surface area contributed by atoms with Crippen LogP contribution in [0, 0.1) is 10.1 Å². The fourth-order valence-electron chi connectivity index (χ4n) is 2.92. The molecular weight excluding hydrogens is 394 g/mol. The monoisotopic (exact) mass is 411 g/mol. The molecule has 3 aromatic carbocycles. The summed E-state index contributed by atoms with van der Waals surface area (Å²) in [5.74, 6) is 0.301. The van der Waals surface area contributed by atoms with Crippen LogP contribution in [0.5, 0.6) is 0 Å². The number of amides is 1. The first-order chi connectivity index (χ1) is 15.1. The lowest BCUT2D eigenvalue weighted by Gasteiger charge is -2.09. The number of benzene rings is 3. The van der Waals surface area contributed by atoms with Gasteiger partial charge in [-0.2, -0.15) is 0 Å². The quantitative estimate of drug-likeness (QED) is 0.339. The molecule has 0 aliphatic rings. The molecule has 1 aromatic heterocycles. The number of nitro benzene ring substituents is 1. The van der Waals surface area contributed by atoms with Crippen molar-refractivity contribution in [3.63, 3.8) is 0 Å². The van der Waals surface area contributed by atoms with Crippen LogP contribution in [0.2, 0.25) is 0 Å². The van der Waals surface area contributed by atoms with Crippen molar-refractivity contribution in [3.05, 3.63) is 107 Å². The van der Waals surface area contributed by atoms with Gasteiger partial charge in [0.25, 0.3) is 11.6 Å². The first-order valence-electron chi connectivity index (χ1n) is 9.39. The summed E-state index contributed by atoms with van der Waals surface area (Å²) in [7, 11) is 0. The van der Waals surface area contributed by atoms with Gasteiger partial charge in [-0.05, 0) is 36.4 Å². The molecule has 8 nitrogen and oxygen atoms in total. The minimum absolute atomic E-state index is 0.0629. The lowest BCUT2D eigenvalue weighted by Crippen LogP contribution is -2.11. The minimum Gasteiger partial charge on any atom is -0.340 e. The molecule has 0 atom stereocenters. The number of aromatic nitrogens is 2. The number of anilines is 3. The van der Waals surface area contributed by atoms with Crippen LogP contribution in [0.3, 0.4) is 0 Å². The highest BCUT2D eigenvalue weighted by Gasteiger charge is 2.10. The van der Waals surface area contributed by atoms with Gasteiger partial charge in [0.1, 0.15) is 12.1 Å². The molecule has 152 valence electrons. The maximum atomic E-state index is 12.3. The second-order valence-corrected chi connectivity index (χ2v) is 6.61. The molecule has 0 saturated carbocycles. The molecule has 0 spiro atoms. The van der Waals surface area contributed by atoms with Crippen LogP contribution in [0.1, 0.15) is 10.4 Å². The van der Waals surface area contributed by atoms with Crippen LogP contribution in [-0.4, -0.2) is 20.8 Å². The predicted molar refractivity (Wildman–Crippen MR) is 118 cm³/mol. The van der Waals surface area contributed by atoms with E-state index < -0.39 is 4.92 Å². The van der Waals surface area contributed by atoms with Gasteiger partial charge >= 0.3 is 0 Å². The van der Waals surface area contributed by atoms with Crippen molar-refractivity contribution in [2.75, 3.05) is 10.6 Å². The Labute approximate surface area is 177 Å². The zero-order chi connectivity index (χ0) is 21.6. The van der Waals surface area contributed by atoms with Crippen LogP contribution in [0.4, 0.5) is 22.9 Å². The van der Waals surface area contributed by atoms with E-state index in [9.17, 15) is 14.9 Å². The van der Waals surface area contributed by atoms with Gasteiger partial charge in [0.05, 0.1) is 10.6 Å². The van der Waals surface area contributed by atoms with Crippen molar-refractivity contribution in [1.82, 2.24) is 9.97 Å². The predicted octanol–water partition coefficient (Wildman–Crippen LogP) is 5.05.